The van der Waals surface area contributed by atoms with Crippen molar-refractivity contribution in [1.29, 1.82) is 0 Å². The molecule has 2 fully saturated rings. The van der Waals surface area contributed by atoms with Crippen molar-refractivity contribution in [3.63, 3.8) is 0 Å². The maximum atomic E-state index is 13.2. The number of carbonyl (C=O) groups excluding carboxylic acids is 1. The number of Topliss-reactive ketones (excluding diaryl/α,β-unsaturated/α-hetero) is 1. The molecule has 0 aliphatic carbocycles. The van der Waals surface area contributed by atoms with Gasteiger partial charge >= 0.3 is 0 Å². The van der Waals surface area contributed by atoms with E-state index in [1.165, 1.54) is 34.7 Å². The van der Waals surface area contributed by atoms with Crippen LogP contribution < -0.4 is 0 Å². The van der Waals surface area contributed by atoms with Crippen molar-refractivity contribution < 1.29 is 4.79 Å². The van der Waals surface area contributed by atoms with E-state index in [0.717, 1.165) is 19.4 Å². The van der Waals surface area contributed by atoms with Gasteiger partial charge in [-0.25, -0.2) is 0 Å². The van der Waals surface area contributed by atoms with Crippen molar-refractivity contribution in [2.45, 2.75) is 50.7 Å². The zero-order valence-electron chi connectivity index (χ0n) is 16.3. The van der Waals surface area contributed by atoms with Gasteiger partial charge in [-0.15, -0.1) is 0 Å². The molecule has 0 N–H and O–H groups in total. The van der Waals surface area contributed by atoms with E-state index in [-0.39, 0.29) is 5.92 Å². The summed E-state index contributed by atoms with van der Waals surface area (Å²) in [5.41, 5.74) is 2.57. The van der Waals surface area contributed by atoms with E-state index in [1.807, 2.05) is 0 Å². The molecule has 2 heteroatoms. The van der Waals surface area contributed by atoms with E-state index in [4.69, 9.17) is 0 Å². The summed E-state index contributed by atoms with van der Waals surface area (Å²) >= 11 is 0. The number of benzene rings is 3. The Hall–Kier alpha value is -2.45. The van der Waals surface area contributed by atoms with Crippen molar-refractivity contribution in [3.8, 4) is 0 Å². The molecule has 142 valence electrons. The van der Waals surface area contributed by atoms with E-state index >= 15 is 0 Å². The predicted molar refractivity (Wildman–Crippen MR) is 114 cm³/mol. The highest BCUT2D eigenvalue weighted by Crippen LogP contribution is 2.40. The van der Waals surface area contributed by atoms with Gasteiger partial charge in [-0.1, -0.05) is 72.8 Å². The average Bonchev–Trinajstić information content (AvgIpc) is 2.96. The predicted octanol–water partition coefficient (Wildman–Crippen LogP) is 5.39. The van der Waals surface area contributed by atoms with Gasteiger partial charge in [-0.2, -0.15) is 0 Å². The highest BCUT2D eigenvalue weighted by Gasteiger charge is 2.42. The van der Waals surface area contributed by atoms with E-state index in [0.29, 0.717) is 24.3 Å². The van der Waals surface area contributed by atoms with Crippen LogP contribution in [0.15, 0.2) is 72.8 Å². The van der Waals surface area contributed by atoms with Gasteiger partial charge in [0.05, 0.1) is 0 Å². The number of fused-ring (bicyclic) bond motifs is 3. The standard InChI is InChI=1S/C26H27NO/c28-26(17-21-11-6-10-20-9-4-5-12-25(20)21)22-15-23-13-14-24(16-22)27(23)18-19-7-2-1-3-8-19/h1-12,22-24H,13-18H2. The molecule has 0 aromatic heterocycles. The van der Waals surface area contributed by atoms with Crippen LogP contribution in [0, 0.1) is 5.92 Å². The van der Waals surface area contributed by atoms with Gasteiger partial charge in [0.1, 0.15) is 5.78 Å². The number of hydrogen-bond donors (Lipinski definition) is 0. The van der Waals surface area contributed by atoms with Crippen LogP contribution in [-0.4, -0.2) is 22.8 Å². The maximum Gasteiger partial charge on any atom is 0.140 e. The molecule has 2 saturated heterocycles. The Labute approximate surface area is 167 Å². The number of piperidine rings is 1. The summed E-state index contributed by atoms with van der Waals surface area (Å²) in [4.78, 5) is 15.8. The zero-order valence-corrected chi connectivity index (χ0v) is 16.3. The highest BCUT2D eigenvalue weighted by atomic mass is 16.1. The second-order valence-electron chi connectivity index (χ2n) is 8.49. The Bertz CT molecular complexity index is 961. The topological polar surface area (TPSA) is 20.3 Å². The summed E-state index contributed by atoms with van der Waals surface area (Å²) in [7, 11) is 0. The van der Waals surface area contributed by atoms with Crippen LogP contribution in [0.5, 0.6) is 0 Å². The minimum atomic E-state index is 0.225. The highest BCUT2D eigenvalue weighted by molar-refractivity contribution is 5.91. The van der Waals surface area contributed by atoms with Gasteiger partial charge in [0.2, 0.25) is 0 Å². The SMILES string of the molecule is O=C(Cc1cccc2ccccc12)C1CC2CCC(C1)N2Cc1ccccc1. The molecule has 5 rings (SSSR count). The molecule has 2 aliphatic heterocycles. The minimum Gasteiger partial charge on any atom is -0.299 e. The second kappa shape index (κ2) is 7.52. The van der Waals surface area contributed by atoms with Crippen molar-refractivity contribution in [2.75, 3.05) is 0 Å². The summed E-state index contributed by atoms with van der Waals surface area (Å²) < 4.78 is 0. The molecule has 2 atom stereocenters. The third kappa shape index (κ3) is 3.38. The zero-order chi connectivity index (χ0) is 18.9. The van der Waals surface area contributed by atoms with Crippen molar-refractivity contribution in [2.24, 2.45) is 5.92 Å². The fourth-order valence-corrected chi connectivity index (χ4v) is 5.37. The first kappa shape index (κ1) is 17.6. The molecule has 3 aromatic carbocycles. The lowest BCUT2D eigenvalue weighted by molar-refractivity contribution is -0.124. The van der Waals surface area contributed by atoms with Crippen molar-refractivity contribution in [1.82, 2.24) is 4.90 Å². The molecule has 2 aliphatic rings. The normalized spacial score (nSPS) is 24.5. The smallest absolute Gasteiger partial charge is 0.140 e. The third-order valence-electron chi connectivity index (χ3n) is 6.79. The molecule has 2 bridgehead atoms. The summed E-state index contributed by atoms with van der Waals surface area (Å²) in [5.74, 6) is 0.663. The van der Waals surface area contributed by atoms with Gasteiger partial charge < -0.3 is 0 Å². The Morgan fingerprint density at radius 2 is 1.50 bits per heavy atom. The monoisotopic (exact) mass is 369 g/mol. The summed E-state index contributed by atoms with van der Waals surface area (Å²) in [6.07, 6.45) is 5.13. The number of nitrogens with zero attached hydrogens (tertiary/aromatic N) is 1. The number of ketones is 1. The lowest BCUT2D eigenvalue weighted by Gasteiger charge is -2.38. The number of carbonyl (C=O) groups is 1. The van der Waals surface area contributed by atoms with Gasteiger partial charge in [0.15, 0.2) is 0 Å². The Morgan fingerprint density at radius 3 is 2.29 bits per heavy atom. The molecule has 2 unspecified atom stereocenters. The molecular weight excluding hydrogens is 342 g/mol. The van der Waals surface area contributed by atoms with Crippen LogP contribution in [0.2, 0.25) is 0 Å². The van der Waals surface area contributed by atoms with Crippen LogP contribution in [0.3, 0.4) is 0 Å². The van der Waals surface area contributed by atoms with Crippen LogP contribution >= 0.6 is 0 Å². The summed E-state index contributed by atoms with van der Waals surface area (Å²) in [6.45, 7) is 1.03. The minimum absolute atomic E-state index is 0.225. The first-order valence-electron chi connectivity index (χ1n) is 10.6. The van der Waals surface area contributed by atoms with E-state index in [9.17, 15) is 4.79 Å². The lowest BCUT2D eigenvalue weighted by atomic mass is 9.84. The molecule has 28 heavy (non-hydrogen) atoms. The lowest BCUT2D eigenvalue weighted by Crippen LogP contribution is -2.44. The summed E-state index contributed by atoms with van der Waals surface area (Å²) in [5, 5.41) is 2.45. The largest absolute Gasteiger partial charge is 0.299 e. The summed E-state index contributed by atoms with van der Waals surface area (Å²) in [6, 6.07) is 26.6. The second-order valence-corrected chi connectivity index (χ2v) is 8.49. The Kier molecular flexibility index (Phi) is 4.74. The maximum absolute atomic E-state index is 13.2. The first-order chi connectivity index (χ1) is 13.8. The molecule has 3 aromatic rings. The van der Waals surface area contributed by atoms with Crippen LogP contribution in [0.25, 0.3) is 10.8 Å². The van der Waals surface area contributed by atoms with E-state index in [1.54, 1.807) is 0 Å². The van der Waals surface area contributed by atoms with Crippen LogP contribution in [0.1, 0.15) is 36.8 Å². The molecule has 0 spiro atoms. The quantitative estimate of drug-likeness (QED) is 0.600. The Morgan fingerprint density at radius 1 is 0.821 bits per heavy atom. The van der Waals surface area contributed by atoms with Crippen LogP contribution in [0.4, 0.5) is 0 Å². The van der Waals surface area contributed by atoms with Gasteiger partial charge in [-0.3, -0.25) is 9.69 Å². The van der Waals surface area contributed by atoms with Crippen molar-refractivity contribution in [3.05, 3.63) is 83.9 Å². The van der Waals surface area contributed by atoms with Crippen molar-refractivity contribution >= 4 is 16.6 Å². The molecule has 0 saturated carbocycles. The molecular formula is C26H27NO. The molecule has 0 amide bonds. The number of hydrogen-bond acceptors (Lipinski definition) is 2. The van der Waals surface area contributed by atoms with Crippen LogP contribution in [-0.2, 0) is 17.8 Å². The fourth-order valence-electron chi connectivity index (χ4n) is 5.37. The third-order valence-corrected chi connectivity index (χ3v) is 6.79. The van der Waals surface area contributed by atoms with Gasteiger partial charge in [-0.05, 0) is 47.6 Å². The molecule has 2 nitrogen and oxygen atoms in total. The molecule has 2 heterocycles. The fraction of sp³-hybridized carbons (Fsp3) is 0.346. The average molecular weight is 370 g/mol. The first-order valence-corrected chi connectivity index (χ1v) is 10.6. The van der Waals surface area contributed by atoms with Gasteiger partial charge in [0, 0.05) is 31.0 Å². The number of rotatable bonds is 5. The Balaban J connectivity index is 1.29. The van der Waals surface area contributed by atoms with E-state index in [2.05, 4.69) is 77.7 Å². The molecule has 0 radical (unpaired) electrons. The van der Waals surface area contributed by atoms with Gasteiger partial charge in [0.25, 0.3) is 0 Å². The van der Waals surface area contributed by atoms with E-state index < -0.39 is 0 Å².